The first-order valence-electron chi connectivity index (χ1n) is 7.63. The largest absolute Gasteiger partial charge is 0.378 e. The van der Waals surface area contributed by atoms with Gasteiger partial charge in [0.2, 0.25) is 0 Å². The molecular formula is C15H29NO. The third kappa shape index (κ3) is 4.26. The van der Waals surface area contributed by atoms with Crippen LogP contribution >= 0.6 is 0 Å². The molecule has 2 fully saturated rings. The highest BCUT2D eigenvalue weighted by Gasteiger charge is 2.24. The fourth-order valence-corrected chi connectivity index (χ4v) is 3.47. The summed E-state index contributed by atoms with van der Waals surface area (Å²) >= 11 is 0. The second-order valence-electron chi connectivity index (χ2n) is 6.11. The Morgan fingerprint density at radius 3 is 2.41 bits per heavy atom. The van der Waals surface area contributed by atoms with Crippen molar-refractivity contribution in [1.29, 1.82) is 0 Å². The topological polar surface area (TPSA) is 21.3 Å². The zero-order valence-corrected chi connectivity index (χ0v) is 11.6. The van der Waals surface area contributed by atoms with Crippen molar-refractivity contribution in [3.05, 3.63) is 0 Å². The van der Waals surface area contributed by atoms with Crippen molar-refractivity contribution >= 4 is 0 Å². The Kier molecular flexibility index (Phi) is 5.30. The lowest BCUT2D eigenvalue weighted by atomic mass is 9.91. The Balaban J connectivity index is 1.76. The average molecular weight is 239 g/mol. The summed E-state index contributed by atoms with van der Waals surface area (Å²) in [7, 11) is 0. The van der Waals surface area contributed by atoms with E-state index in [0.717, 1.165) is 12.5 Å². The van der Waals surface area contributed by atoms with Crippen molar-refractivity contribution in [3.63, 3.8) is 0 Å². The van der Waals surface area contributed by atoms with Crippen LogP contribution in [-0.4, -0.2) is 24.8 Å². The Bertz CT molecular complexity index is 211. The standard InChI is InChI=1S/C15H29NO/c1-12-11-15(9-10-17-12)16-13(2)14-7-5-3-4-6-8-14/h12-16H,3-11H2,1-2H3/t12?,13-,15?/m0/s1. The van der Waals surface area contributed by atoms with E-state index in [0.29, 0.717) is 18.2 Å². The van der Waals surface area contributed by atoms with E-state index in [1.54, 1.807) is 0 Å². The summed E-state index contributed by atoms with van der Waals surface area (Å²) in [6.45, 7) is 5.54. The molecule has 1 aliphatic heterocycles. The minimum atomic E-state index is 0.447. The van der Waals surface area contributed by atoms with Gasteiger partial charge in [0.05, 0.1) is 6.10 Å². The molecule has 2 unspecified atom stereocenters. The molecule has 0 aromatic rings. The van der Waals surface area contributed by atoms with Gasteiger partial charge < -0.3 is 10.1 Å². The molecule has 1 N–H and O–H groups in total. The highest BCUT2D eigenvalue weighted by molar-refractivity contribution is 4.81. The summed E-state index contributed by atoms with van der Waals surface area (Å²) in [5, 5.41) is 3.87. The number of hydrogen-bond donors (Lipinski definition) is 1. The van der Waals surface area contributed by atoms with Gasteiger partial charge in [-0.1, -0.05) is 25.7 Å². The van der Waals surface area contributed by atoms with Gasteiger partial charge in [0.1, 0.15) is 0 Å². The molecule has 0 aromatic carbocycles. The van der Waals surface area contributed by atoms with E-state index in [1.807, 2.05) is 0 Å². The van der Waals surface area contributed by atoms with E-state index < -0.39 is 0 Å². The minimum absolute atomic E-state index is 0.447. The Hall–Kier alpha value is -0.0800. The van der Waals surface area contributed by atoms with E-state index in [1.165, 1.54) is 51.4 Å². The molecule has 100 valence electrons. The molecule has 0 bridgehead atoms. The van der Waals surface area contributed by atoms with Crippen molar-refractivity contribution in [2.75, 3.05) is 6.61 Å². The summed E-state index contributed by atoms with van der Waals surface area (Å²) in [5.41, 5.74) is 0. The number of rotatable bonds is 3. The molecule has 1 aliphatic carbocycles. The molecule has 2 heteroatoms. The van der Waals surface area contributed by atoms with Crippen molar-refractivity contribution in [2.45, 2.75) is 83.4 Å². The lowest BCUT2D eigenvalue weighted by Crippen LogP contribution is -2.45. The fraction of sp³-hybridized carbons (Fsp3) is 1.00. The molecule has 0 aromatic heterocycles. The summed E-state index contributed by atoms with van der Waals surface area (Å²) < 4.78 is 5.62. The predicted octanol–water partition coefficient (Wildman–Crippen LogP) is 3.50. The van der Waals surface area contributed by atoms with E-state index in [2.05, 4.69) is 19.2 Å². The molecule has 2 aliphatic rings. The lowest BCUT2D eigenvalue weighted by Gasteiger charge is -2.33. The van der Waals surface area contributed by atoms with Crippen LogP contribution in [-0.2, 0) is 4.74 Å². The zero-order valence-electron chi connectivity index (χ0n) is 11.6. The first-order chi connectivity index (χ1) is 8.25. The van der Waals surface area contributed by atoms with Gasteiger partial charge in [-0.25, -0.2) is 0 Å². The molecule has 1 saturated heterocycles. The maximum Gasteiger partial charge on any atom is 0.0561 e. The van der Waals surface area contributed by atoms with Gasteiger partial charge in [-0.2, -0.15) is 0 Å². The first-order valence-corrected chi connectivity index (χ1v) is 7.63. The Labute approximate surface area is 107 Å². The zero-order chi connectivity index (χ0) is 12.1. The maximum absolute atomic E-state index is 5.62. The molecule has 17 heavy (non-hydrogen) atoms. The summed E-state index contributed by atoms with van der Waals surface area (Å²) in [4.78, 5) is 0. The van der Waals surface area contributed by atoms with Crippen LogP contribution in [0.25, 0.3) is 0 Å². The summed E-state index contributed by atoms with van der Waals surface area (Å²) in [6.07, 6.45) is 11.5. The van der Waals surface area contributed by atoms with E-state index >= 15 is 0 Å². The fourth-order valence-electron chi connectivity index (χ4n) is 3.47. The van der Waals surface area contributed by atoms with Crippen LogP contribution in [0.5, 0.6) is 0 Å². The van der Waals surface area contributed by atoms with Crippen molar-refractivity contribution in [1.82, 2.24) is 5.32 Å². The average Bonchev–Trinajstić information content (AvgIpc) is 2.57. The SMILES string of the molecule is CC1CC(N[C@@H](C)C2CCCCCC2)CCO1. The second-order valence-corrected chi connectivity index (χ2v) is 6.11. The molecule has 1 heterocycles. The van der Waals surface area contributed by atoms with Gasteiger partial charge in [0, 0.05) is 18.7 Å². The third-order valence-electron chi connectivity index (χ3n) is 4.59. The quantitative estimate of drug-likeness (QED) is 0.761. The maximum atomic E-state index is 5.62. The second kappa shape index (κ2) is 6.75. The highest BCUT2D eigenvalue weighted by atomic mass is 16.5. The van der Waals surface area contributed by atoms with Gasteiger partial charge in [0.25, 0.3) is 0 Å². The molecule has 2 nitrogen and oxygen atoms in total. The first kappa shape index (κ1) is 13.4. The van der Waals surface area contributed by atoms with Crippen LogP contribution in [0.2, 0.25) is 0 Å². The van der Waals surface area contributed by atoms with Crippen LogP contribution in [0, 0.1) is 5.92 Å². The number of hydrogen-bond acceptors (Lipinski definition) is 2. The van der Waals surface area contributed by atoms with Gasteiger partial charge in [-0.3, -0.25) is 0 Å². The van der Waals surface area contributed by atoms with E-state index in [-0.39, 0.29) is 0 Å². The van der Waals surface area contributed by atoms with Gasteiger partial charge >= 0.3 is 0 Å². The van der Waals surface area contributed by atoms with Crippen LogP contribution < -0.4 is 5.32 Å². The van der Waals surface area contributed by atoms with Crippen LogP contribution in [0.4, 0.5) is 0 Å². The summed E-state index contributed by atoms with van der Waals surface area (Å²) in [5.74, 6) is 0.913. The molecule has 0 spiro atoms. The Morgan fingerprint density at radius 1 is 1.06 bits per heavy atom. The molecule has 2 rings (SSSR count). The smallest absolute Gasteiger partial charge is 0.0561 e. The third-order valence-corrected chi connectivity index (χ3v) is 4.59. The van der Waals surface area contributed by atoms with E-state index in [4.69, 9.17) is 4.74 Å². The van der Waals surface area contributed by atoms with Gasteiger partial charge in [0.15, 0.2) is 0 Å². The summed E-state index contributed by atoms with van der Waals surface area (Å²) in [6, 6.07) is 1.39. The number of nitrogens with one attached hydrogen (secondary N) is 1. The molecule has 0 radical (unpaired) electrons. The molecular weight excluding hydrogens is 210 g/mol. The number of ether oxygens (including phenoxy) is 1. The Morgan fingerprint density at radius 2 is 1.76 bits per heavy atom. The minimum Gasteiger partial charge on any atom is -0.378 e. The normalized spacial score (nSPS) is 34.2. The van der Waals surface area contributed by atoms with Gasteiger partial charge in [-0.15, -0.1) is 0 Å². The monoisotopic (exact) mass is 239 g/mol. The molecule has 0 amide bonds. The lowest BCUT2D eigenvalue weighted by molar-refractivity contribution is 0.0100. The van der Waals surface area contributed by atoms with Gasteiger partial charge in [-0.05, 0) is 45.4 Å². The van der Waals surface area contributed by atoms with E-state index in [9.17, 15) is 0 Å². The van der Waals surface area contributed by atoms with Crippen LogP contribution in [0.15, 0.2) is 0 Å². The molecule has 1 saturated carbocycles. The van der Waals surface area contributed by atoms with Crippen LogP contribution in [0.3, 0.4) is 0 Å². The van der Waals surface area contributed by atoms with Crippen LogP contribution in [0.1, 0.15) is 65.2 Å². The highest BCUT2D eigenvalue weighted by Crippen LogP contribution is 2.26. The van der Waals surface area contributed by atoms with Crippen molar-refractivity contribution in [2.24, 2.45) is 5.92 Å². The van der Waals surface area contributed by atoms with Crippen molar-refractivity contribution < 1.29 is 4.74 Å². The predicted molar refractivity (Wildman–Crippen MR) is 72.2 cm³/mol. The molecule has 3 atom stereocenters. The van der Waals surface area contributed by atoms with Crippen molar-refractivity contribution in [3.8, 4) is 0 Å².